The highest BCUT2D eigenvalue weighted by molar-refractivity contribution is 5.99. The number of hydrogen-bond acceptors (Lipinski definition) is 6. The van der Waals surface area contributed by atoms with Gasteiger partial charge in [-0.2, -0.15) is 0 Å². The molecule has 180 valence electrons. The Morgan fingerprint density at radius 2 is 1.39 bits per heavy atom. The van der Waals surface area contributed by atoms with Gasteiger partial charge in [-0.1, -0.05) is 46.0 Å². The predicted octanol–water partition coefficient (Wildman–Crippen LogP) is 2.50. The first-order valence-electron chi connectivity index (χ1n) is 11.4. The van der Waals surface area contributed by atoms with Crippen molar-refractivity contribution in [1.29, 1.82) is 0 Å². The van der Waals surface area contributed by atoms with Gasteiger partial charge in [0.05, 0.1) is 0 Å². The van der Waals surface area contributed by atoms with Gasteiger partial charge >= 0.3 is 11.9 Å². The van der Waals surface area contributed by atoms with Gasteiger partial charge in [0, 0.05) is 12.8 Å². The number of carbonyl (C=O) groups excluding carboxylic acids is 2. The zero-order valence-corrected chi connectivity index (χ0v) is 19.1. The van der Waals surface area contributed by atoms with Gasteiger partial charge < -0.3 is 21.7 Å². The number of hydrogen-bond donors (Lipinski definition) is 4. The van der Waals surface area contributed by atoms with E-state index in [1.165, 1.54) is 0 Å². The van der Waals surface area contributed by atoms with Gasteiger partial charge in [0.25, 0.3) is 0 Å². The molecule has 0 unspecified atom stereocenters. The molecule has 31 heavy (non-hydrogen) atoms. The van der Waals surface area contributed by atoms with Crippen molar-refractivity contribution in [1.82, 2.24) is 4.90 Å². The summed E-state index contributed by atoms with van der Waals surface area (Å²) in [6.45, 7) is 4.40. The Bertz CT molecular complexity index is 545. The molecule has 0 saturated carbocycles. The molecule has 6 N–H and O–H groups in total. The van der Waals surface area contributed by atoms with E-state index in [2.05, 4.69) is 0 Å². The lowest BCUT2D eigenvalue weighted by Gasteiger charge is -2.28. The molecule has 2 atom stereocenters. The van der Waals surface area contributed by atoms with Crippen LogP contribution in [0.3, 0.4) is 0 Å². The van der Waals surface area contributed by atoms with Gasteiger partial charge in [-0.05, 0) is 44.6 Å². The molecule has 1 aliphatic heterocycles. The summed E-state index contributed by atoms with van der Waals surface area (Å²) in [5, 5.41) is 17.7. The Morgan fingerprint density at radius 3 is 1.77 bits per heavy atom. The van der Waals surface area contributed by atoms with Gasteiger partial charge in [-0.3, -0.25) is 19.3 Å². The number of nitrogens with two attached hydrogens (primary N) is 2. The van der Waals surface area contributed by atoms with Crippen LogP contribution in [-0.2, 0) is 19.2 Å². The van der Waals surface area contributed by atoms with Crippen LogP contribution in [0.25, 0.3) is 0 Å². The fourth-order valence-electron chi connectivity index (χ4n) is 3.38. The van der Waals surface area contributed by atoms with Crippen LogP contribution < -0.4 is 11.5 Å². The average molecular weight is 444 g/mol. The van der Waals surface area contributed by atoms with Crippen molar-refractivity contribution in [2.45, 2.75) is 103 Å². The van der Waals surface area contributed by atoms with Crippen molar-refractivity contribution in [2.75, 3.05) is 6.54 Å². The maximum Gasteiger partial charge on any atom is 0.326 e. The quantitative estimate of drug-likeness (QED) is 0.312. The van der Waals surface area contributed by atoms with Crippen molar-refractivity contribution < 1.29 is 29.4 Å². The molecule has 2 amide bonds. The fourth-order valence-corrected chi connectivity index (χ4v) is 3.38. The summed E-state index contributed by atoms with van der Waals surface area (Å²) >= 11 is 0. The number of carbonyl (C=O) groups is 4. The average Bonchev–Trinajstić information content (AvgIpc) is 2.72. The van der Waals surface area contributed by atoms with Gasteiger partial charge in [0.15, 0.2) is 0 Å². The molecule has 0 radical (unpaired) electrons. The molecule has 1 saturated heterocycles. The zero-order valence-electron chi connectivity index (χ0n) is 19.1. The van der Waals surface area contributed by atoms with Crippen molar-refractivity contribution in [3.63, 3.8) is 0 Å². The second-order valence-corrected chi connectivity index (χ2v) is 8.49. The number of rotatable bonds is 9. The molecule has 9 nitrogen and oxygen atoms in total. The summed E-state index contributed by atoms with van der Waals surface area (Å²) in [5.74, 6) is -2.55. The zero-order chi connectivity index (χ0) is 23.8. The van der Waals surface area contributed by atoms with Gasteiger partial charge in [-0.15, -0.1) is 0 Å². The van der Waals surface area contributed by atoms with Crippen molar-refractivity contribution in [3.05, 3.63) is 0 Å². The van der Waals surface area contributed by atoms with Crippen LogP contribution >= 0.6 is 0 Å². The summed E-state index contributed by atoms with van der Waals surface area (Å²) < 4.78 is 0. The molecular weight excluding hydrogens is 402 g/mol. The first kappa shape index (κ1) is 29.0. The second kappa shape index (κ2) is 16.7. The number of amides is 2. The van der Waals surface area contributed by atoms with E-state index < -0.39 is 24.0 Å². The number of carboxylic acids is 2. The third kappa shape index (κ3) is 13.1. The summed E-state index contributed by atoms with van der Waals surface area (Å²) in [6.07, 6.45) is 8.58. The largest absolute Gasteiger partial charge is 0.480 e. The molecule has 0 aliphatic carbocycles. The summed E-state index contributed by atoms with van der Waals surface area (Å²) in [7, 11) is 0. The molecule has 0 spiro atoms. The first-order chi connectivity index (χ1) is 14.6. The van der Waals surface area contributed by atoms with E-state index in [0.29, 0.717) is 19.4 Å². The fraction of sp³-hybridized carbons (Fsp3) is 0.818. The molecular formula is C22H41N3O6. The lowest BCUT2D eigenvalue weighted by molar-refractivity contribution is -0.159. The molecule has 0 aromatic carbocycles. The SMILES string of the molecule is CC(C)C[C@@H](C(=O)O)N1C(=O)CCCCCCCCC1=O.NCCCC[C@H](N)C(=O)O. The van der Waals surface area contributed by atoms with E-state index in [1.54, 1.807) is 0 Å². The lowest BCUT2D eigenvalue weighted by atomic mass is 10.0. The molecule has 1 fully saturated rings. The Morgan fingerprint density at radius 1 is 0.903 bits per heavy atom. The molecule has 1 rings (SSSR count). The second-order valence-electron chi connectivity index (χ2n) is 8.49. The topological polar surface area (TPSA) is 164 Å². The van der Waals surface area contributed by atoms with Crippen LogP contribution in [0.4, 0.5) is 0 Å². The van der Waals surface area contributed by atoms with Crippen LogP contribution in [0.1, 0.15) is 90.9 Å². The van der Waals surface area contributed by atoms with Gasteiger partial charge in [0.2, 0.25) is 11.8 Å². The molecule has 0 bridgehead atoms. The summed E-state index contributed by atoms with van der Waals surface area (Å²) in [6, 6.07) is -1.74. The highest BCUT2D eigenvalue weighted by Gasteiger charge is 2.34. The van der Waals surface area contributed by atoms with Crippen LogP contribution in [0.5, 0.6) is 0 Å². The minimum Gasteiger partial charge on any atom is -0.480 e. The number of nitrogens with zero attached hydrogens (tertiary/aromatic N) is 1. The van der Waals surface area contributed by atoms with Gasteiger partial charge in [0.1, 0.15) is 12.1 Å². The Labute approximate surface area is 185 Å². The van der Waals surface area contributed by atoms with Crippen molar-refractivity contribution >= 4 is 23.8 Å². The number of unbranched alkanes of at least 4 members (excludes halogenated alkanes) is 1. The third-order valence-electron chi connectivity index (χ3n) is 5.15. The van der Waals surface area contributed by atoms with E-state index in [4.69, 9.17) is 16.6 Å². The minimum absolute atomic E-state index is 0.116. The monoisotopic (exact) mass is 443 g/mol. The third-order valence-corrected chi connectivity index (χ3v) is 5.15. The number of carboxylic acid groups (broad SMARTS) is 2. The summed E-state index contributed by atoms with van der Waals surface area (Å²) in [4.78, 5) is 47.3. The highest BCUT2D eigenvalue weighted by atomic mass is 16.4. The molecule has 0 aromatic heterocycles. The van der Waals surface area contributed by atoms with Crippen molar-refractivity contribution in [3.8, 4) is 0 Å². The Hall–Kier alpha value is -2.00. The van der Waals surface area contributed by atoms with Crippen molar-refractivity contribution in [2.24, 2.45) is 17.4 Å². The van der Waals surface area contributed by atoms with Crippen LogP contribution in [-0.4, -0.2) is 57.5 Å². The maximum atomic E-state index is 12.3. The van der Waals surface area contributed by atoms with Crippen LogP contribution in [0.15, 0.2) is 0 Å². The molecule has 1 aliphatic rings. The van der Waals surface area contributed by atoms with E-state index in [9.17, 15) is 24.3 Å². The van der Waals surface area contributed by atoms with E-state index >= 15 is 0 Å². The summed E-state index contributed by atoms with van der Waals surface area (Å²) in [5.41, 5.74) is 10.4. The Balaban J connectivity index is 0.000000759. The molecule has 9 heteroatoms. The maximum absolute atomic E-state index is 12.3. The lowest BCUT2D eigenvalue weighted by Crippen LogP contribution is -2.49. The number of imide groups is 1. The van der Waals surface area contributed by atoms with E-state index in [0.717, 1.165) is 56.3 Å². The van der Waals surface area contributed by atoms with Gasteiger partial charge in [-0.25, -0.2) is 4.79 Å². The smallest absolute Gasteiger partial charge is 0.326 e. The molecule has 0 aromatic rings. The van der Waals surface area contributed by atoms with Crippen LogP contribution in [0.2, 0.25) is 0 Å². The highest BCUT2D eigenvalue weighted by Crippen LogP contribution is 2.19. The number of aliphatic carboxylic acids is 2. The van der Waals surface area contributed by atoms with Crippen LogP contribution in [0, 0.1) is 5.92 Å². The molecule has 1 heterocycles. The van der Waals surface area contributed by atoms with E-state index in [1.807, 2.05) is 13.8 Å². The predicted molar refractivity (Wildman–Crippen MR) is 118 cm³/mol. The van der Waals surface area contributed by atoms with E-state index in [-0.39, 0.29) is 30.6 Å². The minimum atomic E-state index is -1.08. The normalized spacial score (nSPS) is 17.9. The standard InChI is InChI=1S/C16H27NO4.C6H14N2O2/c1-12(2)11-13(16(20)21)17-14(18)9-7-5-3-4-6-8-10-15(17)19;7-4-2-1-3-5(8)6(9)10/h12-13H,3-11H2,1-2H3,(H,20,21);5H,1-4,7-8H2,(H,9,10)/t13-;5-/m00/s1. The first-order valence-corrected chi connectivity index (χ1v) is 11.4. The Kier molecular flexibility index (Phi) is 15.6.